The van der Waals surface area contributed by atoms with E-state index in [-0.39, 0.29) is 24.0 Å². The molecule has 18 heavy (non-hydrogen) atoms. The number of nitrogens with zero attached hydrogens (tertiary/aromatic N) is 3. The Morgan fingerprint density at radius 3 is 2.61 bits per heavy atom. The second-order valence-corrected chi connectivity index (χ2v) is 3.83. The van der Waals surface area contributed by atoms with Crippen LogP contribution >= 0.6 is 0 Å². The molecule has 1 aromatic rings. The summed E-state index contributed by atoms with van der Waals surface area (Å²) in [6, 6.07) is -0.0488. The molecule has 0 saturated heterocycles. The molecule has 0 aliphatic carbocycles. The van der Waals surface area contributed by atoms with E-state index in [0.29, 0.717) is 0 Å². The third kappa shape index (κ3) is 4.62. The number of nitrogens with one attached hydrogen (secondary N) is 1. The minimum atomic E-state index is -3.26. The standard InChI is InChI=1S/C9H15F2N5O2/c1-5(2)18-8-15-6(12)14-7(16-8)13-3-9(10,11)4-17/h5,17H,3-4H2,1-2H3,(H3,12,13,14,15,16). The summed E-state index contributed by atoms with van der Waals surface area (Å²) in [5, 5.41) is 10.7. The number of rotatable bonds is 6. The second kappa shape index (κ2) is 5.71. The molecule has 1 aromatic heterocycles. The van der Waals surface area contributed by atoms with Gasteiger partial charge in [0.15, 0.2) is 0 Å². The Morgan fingerprint density at radius 1 is 1.39 bits per heavy atom. The summed E-state index contributed by atoms with van der Waals surface area (Å²) in [6.07, 6.45) is -0.182. The molecule has 0 bridgehead atoms. The number of ether oxygens (including phenoxy) is 1. The van der Waals surface area contributed by atoms with Gasteiger partial charge in [-0.3, -0.25) is 0 Å². The van der Waals surface area contributed by atoms with Crippen LogP contribution in [0.15, 0.2) is 0 Å². The highest BCUT2D eigenvalue weighted by atomic mass is 19.3. The van der Waals surface area contributed by atoms with Gasteiger partial charge in [-0.15, -0.1) is 0 Å². The highest BCUT2D eigenvalue weighted by Gasteiger charge is 2.27. The van der Waals surface area contributed by atoms with Gasteiger partial charge in [0.1, 0.15) is 6.61 Å². The summed E-state index contributed by atoms with van der Waals surface area (Å²) in [5.41, 5.74) is 5.39. The molecule has 0 aliphatic heterocycles. The van der Waals surface area contributed by atoms with Crippen molar-refractivity contribution in [2.45, 2.75) is 25.9 Å². The zero-order valence-electron chi connectivity index (χ0n) is 10.0. The van der Waals surface area contributed by atoms with E-state index >= 15 is 0 Å². The maximum Gasteiger partial charge on any atom is 0.323 e. The summed E-state index contributed by atoms with van der Waals surface area (Å²) in [7, 11) is 0. The van der Waals surface area contributed by atoms with Crippen LogP contribution in [0.3, 0.4) is 0 Å². The number of hydrogen-bond donors (Lipinski definition) is 3. The van der Waals surface area contributed by atoms with E-state index in [9.17, 15) is 8.78 Å². The zero-order chi connectivity index (χ0) is 13.8. The smallest absolute Gasteiger partial charge is 0.323 e. The summed E-state index contributed by atoms with van der Waals surface area (Å²) >= 11 is 0. The number of halogens is 2. The van der Waals surface area contributed by atoms with Crippen molar-refractivity contribution in [3.8, 4) is 6.01 Å². The Hall–Kier alpha value is -1.77. The van der Waals surface area contributed by atoms with Crippen molar-refractivity contribution < 1.29 is 18.6 Å². The van der Waals surface area contributed by atoms with E-state index in [1.807, 2.05) is 0 Å². The number of anilines is 2. The summed E-state index contributed by atoms with van der Waals surface area (Å²) < 4.78 is 30.8. The molecule has 0 spiro atoms. The lowest BCUT2D eigenvalue weighted by molar-refractivity contribution is -0.0374. The SMILES string of the molecule is CC(C)Oc1nc(N)nc(NCC(F)(F)CO)n1. The maximum atomic E-state index is 12.8. The topological polar surface area (TPSA) is 106 Å². The van der Waals surface area contributed by atoms with Gasteiger partial charge >= 0.3 is 6.01 Å². The minimum absolute atomic E-state index is 0.0488. The average Bonchev–Trinajstić information content (AvgIpc) is 2.25. The Kier molecular flexibility index (Phi) is 4.54. The third-order valence-electron chi connectivity index (χ3n) is 1.71. The Morgan fingerprint density at radius 2 is 2.06 bits per heavy atom. The Balaban J connectivity index is 2.74. The maximum absolute atomic E-state index is 12.8. The third-order valence-corrected chi connectivity index (χ3v) is 1.71. The van der Waals surface area contributed by atoms with Crippen LogP contribution in [0.4, 0.5) is 20.7 Å². The molecular formula is C9H15F2N5O2. The molecule has 1 rings (SSSR count). The van der Waals surface area contributed by atoms with Gasteiger partial charge < -0.3 is 20.9 Å². The van der Waals surface area contributed by atoms with Crippen LogP contribution in [0, 0.1) is 0 Å². The lowest BCUT2D eigenvalue weighted by Gasteiger charge is -2.14. The number of hydrogen-bond acceptors (Lipinski definition) is 7. The Labute approximate surface area is 102 Å². The van der Waals surface area contributed by atoms with Crippen molar-refractivity contribution in [2.24, 2.45) is 0 Å². The van der Waals surface area contributed by atoms with Gasteiger partial charge in [-0.2, -0.15) is 15.0 Å². The van der Waals surface area contributed by atoms with Crippen molar-refractivity contribution in [1.82, 2.24) is 15.0 Å². The van der Waals surface area contributed by atoms with Crippen molar-refractivity contribution >= 4 is 11.9 Å². The lowest BCUT2D eigenvalue weighted by atomic mass is 10.3. The number of aliphatic hydroxyl groups is 1. The van der Waals surface area contributed by atoms with Crippen molar-refractivity contribution in [3.05, 3.63) is 0 Å². The second-order valence-electron chi connectivity index (χ2n) is 3.83. The van der Waals surface area contributed by atoms with E-state index in [1.165, 1.54) is 0 Å². The van der Waals surface area contributed by atoms with E-state index in [4.69, 9.17) is 15.6 Å². The molecule has 0 aromatic carbocycles. The fraction of sp³-hybridized carbons (Fsp3) is 0.667. The summed E-state index contributed by atoms with van der Waals surface area (Å²) in [6.45, 7) is 1.43. The van der Waals surface area contributed by atoms with Crippen LogP contribution in [0.25, 0.3) is 0 Å². The van der Waals surface area contributed by atoms with Crippen molar-refractivity contribution in [1.29, 1.82) is 0 Å². The minimum Gasteiger partial charge on any atom is -0.461 e. The predicted octanol–water partition coefficient (Wildman–Crippen LogP) is 0.281. The van der Waals surface area contributed by atoms with Crippen LogP contribution in [0.2, 0.25) is 0 Å². The van der Waals surface area contributed by atoms with Gasteiger partial charge in [-0.1, -0.05) is 0 Å². The van der Waals surface area contributed by atoms with E-state index in [2.05, 4.69) is 20.3 Å². The van der Waals surface area contributed by atoms with Gasteiger partial charge in [-0.25, -0.2) is 8.78 Å². The number of nitrogen functional groups attached to an aromatic ring is 1. The first-order chi connectivity index (χ1) is 8.32. The van der Waals surface area contributed by atoms with Crippen LogP contribution in [-0.2, 0) is 0 Å². The van der Waals surface area contributed by atoms with Crippen molar-refractivity contribution in [2.75, 3.05) is 24.2 Å². The number of aliphatic hydroxyl groups excluding tert-OH is 1. The number of nitrogens with two attached hydrogens (primary N) is 1. The highest BCUT2D eigenvalue weighted by Crippen LogP contribution is 2.14. The first-order valence-electron chi connectivity index (χ1n) is 5.23. The van der Waals surface area contributed by atoms with E-state index < -0.39 is 19.1 Å². The quantitative estimate of drug-likeness (QED) is 0.676. The normalized spacial score (nSPS) is 11.7. The number of alkyl halides is 2. The molecule has 0 aliphatic rings. The van der Waals surface area contributed by atoms with Crippen LogP contribution in [-0.4, -0.2) is 45.2 Å². The molecule has 0 saturated carbocycles. The molecule has 0 amide bonds. The average molecular weight is 263 g/mol. The highest BCUT2D eigenvalue weighted by molar-refractivity contribution is 5.32. The molecular weight excluding hydrogens is 248 g/mol. The van der Waals surface area contributed by atoms with Gasteiger partial charge in [0.05, 0.1) is 12.6 Å². The predicted molar refractivity (Wildman–Crippen MR) is 60.5 cm³/mol. The first kappa shape index (κ1) is 14.3. The molecule has 0 fully saturated rings. The monoisotopic (exact) mass is 263 g/mol. The molecule has 0 unspecified atom stereocenters. The van der Waals surface area contributed by atoms with E-state index in [0.717, 1.165) is 0 Å². The van der Waals surface area contributed by atoms with Crippen LogP contribution in [0.5, 0.6) is 6.01 Å². The number of aromatic nitrogens is 3. The lowest BCUT2D eigenvalue weighted by Crippen LogP contribution is -2.31. The molecule has 0 radical (unpaired) electrons. The first-order valence-corrected chi connectivity index (χ1v) is 5.23. The zero-order valence-corrected chi connectivity index (χ0v) is 10.0. The molecule has 1 heterocycles. The fourth-order valence-corrected chi connectivity index (χ4v) is 0.979. The fourth-order valence-electron chi connectivity index (χ4n) is 0.979. The van der Waals surface area contributed by atoms with E-state index in [1.54, 1.807) is 13.8 Å². The largest absolute Gasteiger partial charge is 0.461 e. The van der Waals surface area contributed by atoms with Crippen LogP contribution < -0.4 is 15.8 Å². The van der Waals surface area contributed by atoms with Crippen molar-refractivity contribution in [3.63, 3.8) is 0 Å². The summed E-state index contributed by atoms with van der Waals surface area (Å²) in [4.78, 5) is 11.1. The van der Waals surface area contributed by atoms with Crippen LogP contribution in [0.1, 0.15) is 13.8 Å². The van der Waals surface area contributed by atoms with Gasteiger partial charge in [-0.05, 0) is 13.8 Å². The summed E-state index contributed by atoms with van der Waals surface area (Å²) in [5.74, 6) is -3.54. The molecule has 9 heteroatoms. The van der Waals surface area contributed by atoms with Gasteiger partial charge in [0, 0.05) is 0 Å². The van der Waals surface area contributed by atoms with Gasteiger partial charge in [0.2, 0.25) is 11.9 Å². The Bertz CT molecular complexity index is 403. The van der Waals surface area contributed by atoms with Gasteiger partial charge in [0.25, 0.3) is 5.92 Å². The molecule has 7 nitrogen and oxygen atoms in total. The molecule has 4 N–H and O–H groups in total. The molecule has 0 atom stereocenters. The molecule has 102 valence electrons.